The van der Waals surface area contributed by atoms with Crippen LogP contribution in [0.3, 0.4) is 0 Å². The van der Waals surface area contributed by atoms with Crippen molar-refractivity contribution in [3.8, 4) is 0 Å². The summed E-state index contributed by atoms with van der Waals surface area (Å²) in [6.45, 7) is 3.21. The van der Waals surface area contributed by atoms with Gasteiger partial charge in [0, 0.05) is 26.1 Å². The first kappa shape index (κ1) is 21.8. The molecule has 8 heteroatoms. The molecule has 0 aliphatic carbocycles. The Morgan fingerprint density at radius 1 is 0.933 bits per heavy atom. The number of sulfone groups is 1. The maximum Gasteiger partial charge on any atom is 0.329 e. The fraction of sp³-hybridized carbons (Fsp3) is 0.364. The summed E-state index contributed by atoms with van der Waals surface area (Å²) in [6, 6.07) is 15.9. The van der Waals surface area contributed by atoms with E-state index in [1.165, 1.54) is 0 Å². The lowest BCUT2D eigenvalue weighted by atomic mass is 10.3. The monoisotopic (exact) mass is 429 g/mol. The van der Waals surface area contributed by atoms with Crippen molar-refractivity contribution >= 4 is 26.8 Å². The number of aromatic nitrogens is 2. The highest BCUT2D eigenvalue weighted by Gasteiger charge is 2.15. The van der Waals surface area contributed by atoms with Gasteiger partial charge in [-0.25, -0.2) is 13.2 Å². The van der Waals surface area contributed by atoms with Crippen LogP contribution in [0.25, 0.3) is 11.0 Å². The van der Waals surface area contributed by atoms with Crippen LogP contribution in [0.15, 0.2) is 64.3 Å². The molecule has 0 saturated carbocycles. The second kappa shape index (κ2) is 9.75. The molecule has 3 rings (SSSR count). The Bertz CT molecular complexity index is 1160. The van der Waals surface area contributed by atoms with Crippen molar-refractivity contribution in [1.82, 2.24) is 14.5 Å². The van der Waals surface area contributed by atoms with Gasteiger partial charge < -0.3 is 5.32 Å². The second-order valence-electron chi connectivity index (χ2n) is 7.16. The quantitative estimate of drug-likeness (QED) is 0.502. The van der Waals surface area contributed by atoms with Crippen molar-refractivity contribution in [2.24, 2.45) is 0 Å². The molecule has 0 fully saturated rings. The summed E-state index contributed by atoms with van der Waals surface area (Å²) in [5.74, 6) is -0.229. The largest absolute Gasteiger partial charge is 0.356 e. The minimum absolute atomic E-state index is 0.0265. The van der Waals surface area contributed by atoms with Crippen molar-refractivity contribution in [3.63, 3.8) is 0 Å². The number of nitrogens with one attached hydrogen (secondary N) is 1. The smallest absolute Gasteiger partial charge is 0.329 e. The van der Waals surface area contributed by atoms with Crippen molar-refractivity contribution in [2.75, 3.05) is 12.3 Å². The molecular formula is C22H27N3O4S. The zero-order chi connectivity index (χ0) is 21.6. The Hall–Kier alpha value is -2.87. The number of aryl methyl sites for hydroxylation is 2. The summed E-state index contributed by atoms with van der Waals surface area (Å²) in [6.07, 6.45) is 1.34. The number of para-hydroxylation sites is 2. The molecule has 160 valence electrons. The highest BCUT2D eigenvalue weighted by Crippen LogP contribution is 2.14. The fourth-order valence-corrected chi connectivity index (χ4v) is 4.80. The first-order valence-corrected chi connectivity index (χ1v) is 11.8. The van der Waals surface area contributed by atoms with Gasteiger partial charge >= 0.3 is 5.69 Å². The number of rotatable bonds is 10. The SMILES string of the molecule is CCCn1c(=O)n(CCC(=O)NCCCS(=O)(=O)c2ccccc2)c2ccccc21. The third-order valence-electron chi connectivity index (χ3n) is 4.95. The summed E-state index contributed by atoms with van der Waals surface area (Å²) in [5.41, 5.74) is 1.58. The van der Waals surface area contributed by atoms with Crippen molar-refractivity contribution in [3.05, 3.63) is 65.1 Å². The highest BCUT2D eigenvalue weighted by molar-refractivity contribution is 7.91. The molecule has 3 aromatic rings. The molecule has 0 aliphatic rings. The number of fused-ring (bicyclic) bond motifs is 1. The molecule has 0 radical (unpaired) electrons. The lowest BCUT2D eigenvalue weighted by Gasteiger charge is -2.07. The average molecular weight is 430 g/mol. The molecule has 1 heterocycles. The number of carbonyl (C=O) groups is 1. The summed E-state index contributed by atoms with van der Waals surface area (Å²) in [4.78, 5) is 25.2. The molecule has 1 amide bonds. The maximum atomic E-state index is 12.7. The van der Waals surface area contributed by atoms with Gasteiger partial charge in [0.15, 0.2) is 9.84 Å². The third-order valence-corrected chi connectivity index (χ3v) is 6.77. The predicted octanol–water partition coefficient (Wildman–Crippen LogP) is 2.58. The number of hydrogen-bond donors (Lipinski definition) is 1. The molecule has 0 unspecified atom stereocenters. The highest BCUT2D eigenvalue weighted by atomic mass is 32.2. The van der Waals surface area contributed by atoms with E-state index in [2.05, 4.69) is 5.32 Å². The van der Waals surface area contributed by atoms with Crippen LogP contribution in [-0.4, -0.2) is 35.8 Å². The second-order valence-corrected chi connectivity index (χ2v) is 9.27. The van der Waals surface area contributed by atoms with E-state index >= 15 is 0 Å². The van der Waals surface area contributed by atoms with Crippen LogP contribution >= 0.6 is 0 Å². The Labute approximate surface area is 176 Å². The Morgan fingerprint density at radius 2 is 1.53 bits per heavy atom. The van der Waals surface area contributed by atoms with Gasteiger partial charge in [0.05, 0.1) is 21.7 Å². The Kier molecular flexibility index (Phi) is 7.10. The molecule has 0 saturated heterocycles. The molecular weight excluding hydrogens is 402 g/mol. The minimum atomic E-state index is -3.35. The van der Waals surface area contributed by atoms with Crippen LogP contribution < -0.4 is 11.0 Å². The van der Waals surface area contributed by atoms with Crippen molar-refractivity contribution in [1.29, 1.82) is 0 Å². The number of benzene rings is 2. The molecule has 2 aromatic carbocycles. The van der Waals surface area contributed by atoms with E-state index in [1.54, 1.807) is 39.5 Å². The van der Waals surface area contributed by atoms with E-state index in [9.17, 15) is 18.0 Å². The standard InChI is InChI=1S/C22H27N3O4S/c1-2-15-24-19-11-6-7-12-20(19)25(22(24)27)16-13-21(26)23-14-8-17-30(28,29)18-9-4-3-5-10-18/h3-7,9-12H,2,8,13-17H2,1H3,(H,23,26). The molecule has 7 nitrogen and oxygen atoms in total. The topological polar surface area (TPSA) is 90.2 Å². The molecule has 30 heavy (non-hydrogen) atoms. The number of carbonyl (C=O) groups excluding carboxylic acids is 1. The molecule has 0 bridgehead atoms. The molecule has 1 N–H and O–H groups in total. The number of nitrogens with zero attached hydrogens (tertiary/aromatic N) is 2. The van der Waals surface area contributed by atoms with Gasteiger partial charge in [0.25, 0.3) is 0 Å². The van der Waals surface area contributed by atoms with Crippen LogP contribution in [0, 0.1) is 0 Å². The fourth-order valence-electron chi connectivity index (χ4n) is 3.47. The van der Waals surface area contributed by atoms with E-state index in [-0.39, 0.29) is 36.9 Å². The third kappa shape index (κ3) is 4.99. The van der Waals surface area contributed by atoms with Gasteiger partial charge in [-0.1, -0.05) is 37.3 Å². The molecule has 0 atom stereocenters. The van der Waals surface area contributed by atoms with E-state index in [0.717, 1.165) is 17.5 Å². The molecule has 1 aromatic heterocycles. The zero-order valence-electron chi connectivity index (χ0n) is 17.1. The summed E-state index contributed by atoms with van der Waals surface area (Å²) in [7, 11) is -3.35. The summed E-state index contributed by atoms with van der Waals surface area (Å²) >= 11 is 0. The van der Waals surface area contributed by atoms with Crippen molar-refractivity contribution < 1.29 is 13.2 Å². The molecule has 0 aliphatic heterocycles. The average Bonchev–Trinajstić information content (AvgIpc) is 3.02. The van der Waals surface area contributed by atoms with Gasteiger partial charge in [-0.05, 0) is 37.1 Å². The van der Waals surface area contributed by atoms with Gasteiger partial charge in [0.1, 0.15) is 0 Å². The van der Waals surface area contributed by atoms with Gasteiger partial charge in [-0.2, -0.15) is 0 Å². The van der Waals surface area contributed by atoms with Crippen LogP contribution in [0.2, 0.25) is 0 Å². The summed E-state index contributed by atoms with van der Waals surface area (Å²) < 4.78 is 27.9. The normalized spacial score (nSPS) is 11.6. The van der Waals surface area contributed by atoms with E-state index in [4.69, 9.17) is 0 Å². The lowest BCUT2D eigenvalue weighted by Crippen LogP contribution is -2.29. The van der Waals surface area contributed by atoms with Crippen LogP contribution in [0.1, 0.15) is 26.2 Å². The van der Waals surface area contributed by atoms with E-state index in [0.29, 0.717) is 17.9 Å². The van der Waals surface area contributed by atoms with Crippen LogP contribution in [-0.2, 0) is 27.7 Å². The lowest BCUT2D eigenvalue weighted by molar-refractivity contribution is -0.121. The number of amides is 1. The first-order valence-electron chi connectivity index (χ1n) is 10.2. The maximum absolute atomic E-state index is 12.7. The van der Waals surface area contributed by atoms with E-state index < -0.39 is 9.84 Å². The Morgan fingerprint density at radius 3 is 2.17 bits per heavy atom. The predicted molar refractivity (Wildman–Crippen MR) is 117 cm³/mol. The van der Waals surface area contributed by atoms with Crippen LogP contribution in [0.5, 0.6) is 0 Å². The van der Waals surface area contributed by atoms with Crippen molar-refractivity contribution in [2.45, 2.75) is 44.2 Å². The summed E-state index contributed by atoms with van der Waals surface area (Å²) in [5, 5.41) is 2.75. The van der Waals surface area contributed by atoms with Crippen LogP contribution in [0.4, 0.5) is 0 Å². The minimum Gasteiger partial charge on any atom is -0.356 e. The van der Waals surface area contributed by atoms with Gasteiger partial charge in [0.2, 0.25) is 5.91 Å². The number of hydrogen-bond acceptors (Lipinski definition) is 4. The Balaban J connectivity index is 1.53. The van der Waals surface area contributed by atoms with Gasteiger partial charge in [-0.3, -0.25) is 13.9 Å². The first-order chi connectivity index (χ1) is 14.4. The number of imidazole rings is 1. The zero-order valence-corrected chi connectivity index (χ0v) is 17.9. The molecule has 0 spiro atoms. The van der Waals surface area contributed by atoms with E-state index in [1.807, 2.05) is 31.2 Å². The van der Waals surface area contributed by atoms with Gasteiger partial charge in [-0.15, -0.1) is 0 Å².